The van der Waals surface area contributed by atoms with Gasteiger partial charge in [0.15, 0.2) is 5.82 Å². The summed E-state index contributed by atoms with van der Waals surface area (Å²) >= 11 is 0. The van der Waals surface area contributed by atoms with Crippen molar-refractivity contribution in [2.75, 3.05) is 0 Å². The van der Waals surface area contributed by atoms with Crippen molar-refractivity contribution >= 4 is 21.5 Å². The van der Waals surface area contributed by atoms with Crippen LogP contribution in [0.3, 0.4) is 0 Å². The van der Waals surface area contributed by atoms with E-state index in [4.69, 9.17) is 9.97 Å². The van der Waals surface area contributed by atoms with Crippen LogP contribution in [-0.2, 0) is 5.41 Å². The lowest BCUT2D eigenvalue weighted by Gasteiger charge is -2.21. The summed E-state index contributed by atoms with van der Waals surface area (Å²) in [5, 5.41) is 4.76. The largest absolute Gasteiger partial charge is 0.228 e. The summed E-state index contributed by atoms with van der Waals surface area (Å²) in [4.78, 5) is 10.4. The molecular weight excluding hydrogens is 569 g/mol. The predicted molar refractivity (Wildman–Crippen MR) is 196 cm³/mol. The van der Waals surface area contributed by atoms with Gasteiger partial charge in [0.1, 0.15) is 0 Å². The molecule has 2 nitrogen and oxygen atoms in total. The lowest BCUT2D eigenvalue weighted by molar-refractivity contribution is 0.660. The zero-order chi connectivity index (χ0) is 31.5. The first-order valence-corrected chi connectivity index (χ1v) is 16.3. The molecule has 1 heterocycles. The maximum atomic E-state index is 5.21. The molecule has 0 unspecified atom stereocenters. The molecule has 1 aliphatic carbocycles. The normalized spacial score (nSPS) is 13.1. The van der Waals surface area contributed by atoms with Crippen molar-refractivity contribution < 1.29 is 0 Å². The van der Waals surface area contributed by atoms with Gasteiger partial charge in [0, 0.05) is 22.1 Å². The fourth-order valence-corrected chi connectivity index (χ4v) is 7.55. The smallest absolute Gasteiger partial charge is 0.160 e. The van der Waals surface area contributed by atoms with Crippen molar-refractivity contribution in [2.45, 2.75) is 19.3 Å². The SMILES string of the molecule is CC1(C)c2ccccc2-c2cc(-c3ccc(-c4cc(-c5cccc6ccccc56)nc(-c5ccccc5)n4)c4ccccc34)ccc21. The van der Waals surface area contributed by atoms with Gasteiger partial charge in [-0.1, -0.05) is 159 Å². The fourth-order valence-electron chi connectivity index (χ4n) is 7.55. The zero-order valence-corrected chi connectivity index (χ0v) is 26.4. The second kappa shape index (κ2) is 10.6. The first-order valence-electron chi connectivity index (χ1n) is 16.3. The molecule has 9 rings (SSSR count). The van der Waals surface area contributed by atoms with Crippen LogP contribution in [0.2, 0.25) is 0 Å². The van der Waals surface area contributed by atoms with E-state index >= 15 is 0 Å². The molecule has 0 fully saturated rings. The van der Waals surface area contributed by atoms with E-state index in [1.54, 1.807) is 0 Å². The second-order valence-corrected chi connectivity index (χ2v) is 13.0. The summed E-state index contributed by atoms with van der Waals surface area (Å²) in [7, 11) is 0. The van der Waals surface area contributed by atoms with Crippen molar-refractivity contribution in [3.05, 3.63) is 169 Å². The fraction of sp³-hybridized carbons (Fsp3) is 0.0667. The van der Waals surface area contributed by atoms with Gasteiger partial charge in [-0.2, -0.15) is 0 Å². The van der Waals surface area contributed by atoms with Gasteiger partial charge >= 0.3 is 0 Å². The van der Waals surface area contributed by atoms with Crippen LogP contribution in [0.5, 0.6) is 0 Å². The Morgan fingerprint density at radius 1 is 0.383 bits per heavy atom. The zero-order valence-electron chi connectivity index (χ0n) is 26.4. The molecule has 0 saturated carbocycles. The molecule has 0 amide bonds. The van der Waals surface area contributed by atoms with Crippen LogP contribution >= 0.6 is 0 Å². The monoisotopic (exact) mass is 600 g/mol. The number of benzene rings is 7. The molecular formula is C45H32N2. The number of nitrogens with zero attached hydrogens (tertiary/aromatic N) is 2. The molecule has 0 radical (unpaired) electrons. The van der Waals surface area contributed by atoms with E-state index in [1.807, 2.05) is 18.2 Å². The van der Waals surface area contributed by atoms with Crippen LogP contribution in [-0.4, -0.2) is 9.97 Å². The number of fused-ring (bicyclic) bond motifs is 5. The molecule has 1 aliphatic rings. The van der Waals surface area contributed by atoms with Crippen molar-refractivity contribution in [1.82, 2.24) is 9.97 Å². The Hall–Kier alpha value is -5.86. The highest BCUT2D eigenvalue weighted by Gasteiger charge is 2.35. The molecule has 2 heteroatoms. The minimum Gasteiger partial charge on any atom is -0.228 e. The first kappa shape index (κ1) is 27.5. The molecule has 0 spiro atoms. The van der Waals surface area contributed by atoms with E-state index in [2.05, 4.69) is 153 Å². The van der Waals surface area contributed by atoms with Gasteiger partial charge in [0.25, 0.3) is 0 Å². The van der Waals surface area contributed by atoms with Crippen molar-refractivity contribution in [3.63, 3.8) is 0 Å². The lowest BCUT2D eigenvalue weighted by atomic mass is 9.82. The van der Waals surface area contributed by atoms with Gasteiger partial charge in [-0.3, -0.25) is 0 Å². The molecule has 0 N–H and O–H groups in total. The van der Waals surface area contributed by atoms with E-state index in [0.29, 0.717) is 0 Å². The molecule has 1 aromatic heterocycles. The van der Waals surface area contributed by atoms with Gasteiger partial charge in [0.05, 0.1) is 11.4 Å². The molecule has 222 valence electrons. The number of hydrogen-bond donors (Lipinski definition) is 0. The van der Waals surface area contributed by atoms with E-state index < -0.39 is 0 Å². The maximum Gasteiger partial charge on any atom is 0.160 e. The molecule has 47 heavy (non-hydrogen) atoms. The van der Waals surface area contributed by atoms with Crippen molar-refractivity contribution in [2.24, 2.45) is 0 Å². The van der Waals surface area contributed by atoms with Crippen LogP contribution < -0.4 is 0 Å². The predicted octanol–water partition coefficient (Wildman–Crippen LogP) is 11.8. The lowest BCUT2D eigenvalue weighted by Crippen LogP contribution is -2.14. The van der Waals surface area contributed by atoms with Crippen LogP contribution in [0.1, 0.15) is 25.0 Å². The third-order valence-electron chi connectivity index (χ3n) is 9.92. The topological polar surface area (TPSA) is 25.8 Å². The van der Waals surface area contributed by atoms with Gasteiger partial charge in [-0.25, -0.2) is 9.97 Å². The molecule has 0 atom stereocenters. The molecule has 0 bridgehead atoms. The third kappa shape index (κ3) is 4.40. The molecule has 0 saturated heterocycles. The average Bonchev–Trinajstić information content (AvgIpc) is 3.36. The maximum absolute atomic E-state index is 5.21. The summed E-state index contributed by atoms with van der Waals surface area (Å²) in [6.07, 6.45) is 0. The van der Waals surface area contributed by atoms with Crippen molar-refractivity contribution in [3.8, 4) is 56.2 Å². The Labute approximate surface area is 275 Å². The summed E-state index contributed by atoms with van der Waals surface area (Å²) in [5.74, 6) is 0.721. The highest BCUT2D eigenvalue weighted by molar-refractivity contribution is 6.06. The summed E-state index contributed by atoms with van der Waals surface area (Å²) in [6, 6.07) is 56.5. The number of rotatable bonds is 4. The van der Waals surface area contributed by atoms with E-state index in [0.717, 1.165) is 33.9 Å². The third-order valence-corrected chi connectivity index (χ3v) is 9.92. The Morgan fingerprint density at radius 2 is 0.957 bits per heavy atom. The van der Waals surface area contributed by atoms with Crippen LogP contribution in [0.25, 0.3) is 77.7 Å². The standard InChI is InChI=1S/C45H32N2/c1-45(2)40-22-11-10-20-36(40)39-27-31(23-26-41(39)45)33-24-25-38(35-19-9-8-18-34(33)35)43-28-42(46-44(47-43)30-14-4-3-5-15-30)37-21-12-16-29-13-6-7-17-32(29)37/h3-28H,1-2H3. The van der Waals surface area contributed by atoms with Gasteiger partial charge in [-0.15, -0.1) is 0 Å². The number of aromatic nitrogens is 2. The van der Waals surface area contributed by atoms with Crippen LogP contribution in [0.15, 0.2) is 158 Å². The van der Waals surface area contributed by atoms with Crippen LogP contribution in [0.4, 0.5) is 0 Å². The van der Waals surface area contributed by atoms with Gasteiger partial charge in [0.2, 0.25) is 0 Å². The van der Waals surface area contributed by atoms with E-state index in [1.165, 1.54) is 54.9 Å². The Morgan fingerprint density at radius 3 is 1.77 bits per heavy atom. The summed E-state index contributed by atoms with van der Waals surface area (Å²) in [6.45, 7) is 4.67. The molecule has 7 aromatic carbocycles. The van der Waals surface area contributed by atoms with Gasteiger partial charge < -0.3 is 0 Å². The van der Waals surface area contributed by atoms with Gasteiger partial charge in [-0.05, 0) is 67.1 Å². The average molecular weight is 601 g/mol. The highest BCUT2D eigenvalue weighted by atomic mass is 14.9. The number of hydrogen-bond acceptors (Lipinski definition) is 2. The summed E-state index contributed by atoms with van der Waals surface area (Å²) < 4.78 is 0. The minimum atomic E-state index is -0.0123. The van der Waals surface area contributed by atoms with Crippen LogP contribution in [0, 0.1) is 0 Å². The first-order chi connectivity index (χ1) is 23.1. The summed E-state index contributed by atoms with van der Waals surface area (Å²) in [5.41, 5.74) is 12.9. The molecule has 8 aromatic rings. The van der Waals surface area contributed by atoms with E-state index in [-0.39, 0.29) is 5.41 Å². The molecule has 0 aliphatic heterocycles. The Balaban J connectivity index is 1.24. The van der Waals surface area contributed by atoms with Crippen molar-refractivity contribution in [1.29, 1.82) is 0 Å². The Bertz CT molecular complexity index is 2490. The van der Waals surface area contributed by atoms with E-state index in [9.17, 15) is 0 Å². The Kier molecular flexibility index (Phi) is 6.20. The highest BCUT2D eigenvalue weighted by Crippen LogP contribution is 2.50. The minimum absolute atomic E-state index is 0.0123. The second-order valence-electron chi connectivity index (χ2n) is 13.0. The quantitative estimate of drug-likeness (QED) is 0.201.